The van der Waals surface area contributed by atoms with Crippen LogP contribution in [-0.2, 0) is 22.3 Å². The van der Waals surface area contributed by atoms with Crippen molar-refractivity contribution in [2.24, 2.45) is 0 Å². The van der Waals surface area contributed by atoms with E-state index in [2.05, 4.69) is 37.5 Å². The number of esters is 2. The molecule has 6 nitrogen and oxygen atoms in total. The first-order valence-corrected chi connectivity index (χ1v) is 17.5. The van der Waals surface area contributed by atoms with Crippen molar-refractivity contribution in [3.05, 3.63) is 70.8 Å². The lowest BCUT2D eigenvalue weighted by Crippen LogP contribution is -2.28. The second kappa shape index (κ2) is 25.7. The highest BCUT2D eigenvalue weighted by atomic mass is 35.5. The summed E-state index contributed by atoms with van der Waals surface area (Å²) in [6.07, 6.45) is 13.1. The minimum Gasteiger partial charge on any atom is -0.462 e. The van der Waals surface area contributed by atoms with Crippen molar-refractivity contribution in [2.45, 2.75) is 105 Å². The maximum absolute atomic E-state index is 12.5. The van der Waals surface area contributed by atoms with Crippen molar-refractivity contribution in [1.82, 2.24) is 9.80 Å². The van der Waals surface area contributed by atoms with Crippen LogP contribution in [0.15, 0.2) is 48.5 Å². The van der Waals surface area contributed by atoms with Gasteiger partial charge in [0.15, 0.2) is 0 Å². The van der Waals surface area contributed by atoms with Crippen LogP contribution in [0.3, 0.4) is 0 Å². The zero-order chi connectivity index (χ0) is 31.8. The first-order valence-electron chi connectivity index (χ1n) is 17.5. The molecule has 0 unspecified atom stereocenters. The fraction of sp³-hybridized carbons (Fsp3) is 0.632. The number of nitrogens with zero attached hydrogens (tertiary/aromatic N) is 2. The van der Waals surface area contributed by atoms with E-state index < -0.39 is 0 Å². The van der Waals surface area contributed by atoms with E-state index in [0.29, 0.717) is 24.3 Å². The summed E-state index contributed by atoms with van der Waals surface area (Å²) in [7, 11) is 0. The molecule has 2 aromatic carbocycles. The highest BCUT2D eigenvalue weighted by Gasteiger charge is 2.11. The number of carbonyl (C=O) groups excluding carboxylic acids is 2. The zero-order valence-electron chi connectivity index (χ0n) is 28.7. The summed E-state index contributed by atoms with van der Waals surface area (Å²) in [5, 5.41) is 0. The fourth-order valence-electron chi connectivity index (χ4n) is 5.17. The molecule has 0 amide bonds. The Morgan fingerprint density at radius 3 is 1.07 bits per heavy atom. The van der Waals surface area contributed by atoms with Crippen LogP contribution in [0, 0.1) is 0 Å². The first kappa shape index (κ1) is 40.6. The molecule has 0 spiro atoms. The zero-order valence-corrected chi connectivity index (χ0v) is 29.5. The van der Waals surface area contributed by atoms with Gasteiger partial charge in [0, 0.05) is 13.1 Å². The number of hydrogen-bond acceptors (Lipinski definition) is 6. The number of benzene rings is 2. The molecule has 0 aliphatic carbocycles. The summed E-state index contributed by atoms with van der Waals surface area (Å²) >= 11 is 0. The second-order valence-corrected chi connectivity index (χ2v) is 12.0. The van der Waals surface area contributed by atoms with Gasteiger partial charge in [0.05, 0.1) is 24.3 Å². The van der Waals surface area contributed by atoms with Crippen LogP contribution in [0.4, 0.5) is 0 Å². The van der Waals surface area contributed by atoms with Crippen molar-refractivity contribution in [2.75, 3.05) is 52.5 Å². The highest BCUT2D eigenvalue weighted by Crippen LogP contribution is 2.13. The maximum Gasteiger partial charge on any atom is 0.338 e. The molecule has 0 N–H and O–H groups in total. The molecular formula is C38H61ClN2O4. The third-order valence-electron chi connectivity index (χ3n) is 8.10. The lowest BCUT2D eigenvalue weighted by molar-refractivity contribution is 0.0478. The number of carbonyl (C=O) groups is 2. The van der Waals surface area contributed by atoms with Gasteiger partial charge in [0.25, 0.3) is 0 Å². The van der Waals surface area contributed by atoms with Gasteiger partial charge < -0.3 is 19.3 Å². The lowest BCUT2D eigenvalue weighted by atomic mass is 10.0. The number of ether oxygens (including phenoxy) is 2. The molecule has 0 radical (unpaired) electrons. The van der Waals surface area contributed by atoms with E-state index in [1.807, 2.05) is 48.5 Å². The third kappa shape index (κ3) is 17.8. The minimum atomic E-state index is -0.252. The van der Waals surface area contributed by atoms with E-state index in [0.717, 1.165) is 65.0 Å². The van der Waals surface area contributed by atoms with Crippen molar-refractivity contribution >= 4 is 24.3 Å². The molecule has 45 heavy (non-hydrogen) atoms. The second-order valence-electron chi connectivity index (χ2n) is 12.0. The summed E-state index contributed by atoms with van der Waals surface area (Å²) in [6, 6.07) is 15.5. The van der Waals surface area contributed by atoms with Gasteiger partial charge in [-0.3, -0.25) is 0 Å². The topological polar surface area (TPSA) is 59.1 Å². The summed E-state index contributed by atoms with van der Waals surface area (Å²) in [6.45, 7) is 16.3. The first-order chi connectivity index (χ1) is 21.5. The summed E-state index contributed by atoms with van der Waals surface area (Å²) in [5.41, 5.74) is 3.53. The van der Waals surface area contributed by atoms with Gasteiger partial charge in [0.2, 0.25) is 0 Å². The van der Waals surface area contributed by atoms with Gasteiger partial charge >= 0.3 is 11.9 Å². The van der Waals surface area contributed by atoms with Gasteiger partial charge in [-0.25, -0.2) is 9.59 Å². The molecule has 0 bridgehead atoms. The van der Waals surface area contributed by atoms with Crippen LogP contribution in [-0.4, -0.2) is 74.2 Å². The Morgan fingerprint density at radius 2 is 0.778 bits per heavy atom. The van der Waals surface area contributed by atoms with Crippen LogP contribution < -0.4 is 0 Å². The fourth-order valence-corrected chi connectivity index (χ4v) is 5.17. The Balaban J connectivity index is 0.0000101. The Labute approximate surface area is 280 Å². The molecule has 254 valence electrons. The van der Waals surface area contributed by atoms with Crippen LogP contribution in [0.2, 0.25) is 0 Å². The van der Waals surface area contributed by atoms with Gasteiger partial charge in [0.1, 0.15) is 0 Å². The van der Waals surface area contributed by atoms with E-state index >= 15 is 0 Å². The SMILES string of the molecule is CCCCN(CCCC)CCCOC(=O)c1ccc(CCc2ccc(C(=O)OCCCN(CCCC)CCCC)cc2)cc1.Cl. The summed E-state index contributed by atoms with van der Waals surface area (Å²) in [4.78, 5) is 30.0. The van der Waals surface area contributed by atoms with E-state index in [9.17, 15) is 9.59 Å². The molecule has 0 saturated carbocycles. The van der Waals surface area contributed by atoms with Gasteiger partial charge in [-0.2, -0.15) is 0 Å². The predicted octanol–water partition coefficient (Wildman–Crippen LogP) is 8.79. The minimum absolute atomic E-state index is 0. The van der Waals surface area contributed by atoms with E-state index in [1.54, 1.807) is 0 Å². The van der Waals surface area contributed by atoms with E-state index in [-0.39, 0.29) is 24.3 Å². The standard InChI is InChI=1S/C38H60N2O4.ClH/c1-5-9-25-39(26-10-6-2)29-13-31-43-37(41)35-21-17-33(18-22-35)15-16-34-19-23-36(24-20-34)38(42)44-32-14-30-40(27-11-7-3)28-12-8-4;/h17-24H,5-16,25-32H2,1-4H3;1H. The monoisotopic (exact) mass is 644 g/mol. The Bertz CT molecular complexity index is 930. The third-order valence-corrected chi connectivity index (χ3v) is 8.10. The lowest BCUT2D eigenvalue weighted by Gasteiger charge is -2.21. The van der Waals surface area contributed by atoms with Gasteiger partial charge in [-0.15, -0.1) is 12.4 Å². The van der Waals surface area contributed by atoms with Gasteiger partial charge in [-0.1, -0.05) is 77.6 Å². The molecule has 0 saturated heterocycles. The van der Waals surface area contributed by atoms with Crippen LogP contribution in [0.5, 0.6) is 0 Å². The van der Waals surface area contributed by atoms with Gasteiger partial charge in [-0.05, 0) is 113 Å². The number of unbranched alkanes of at least 4 members (excludes halogenated alkanes) is 4. The quantitative estimate of drug-likeness (QED) is 0.0795. The van der Waals surface area contributed by atoms with Crippen molar-refractivity contribution < 1.29 is 19.1 Å². The molecule has 0 aliphatic heterocycles. The molecule has 0 atom stereocenters. The average molecular weight is 645 g/mol. The van der Waals surface area contributed by atoms with Crippen molar-refractivity contribution in [3.8, 4) is 0 Å². The number of aryl methyl sites for hydroxylation is 2. The van der Waals surface area contributed by atoms with Crippen LogP contribution in [0.1, 0.15) is 124 Å². The predicted molar refractivity (Wildman–Crippen MR) is 190 cm³/mol. The Hall–Kier alpha value is -2.41. The number of rotatable bonds is 25. The highest BCUT2D eigenvalue weighted by molar-refractivity contribution is 5.89. The molecule has 2 aromatic rings. The van der Waals surface area contributed by atoms with Crippen molar-refractivity contribution in [3.63, 3.8) is 0 Å². The van der Waals surface area contributed by atoms with E-state index in [4.69, 9.17) is 9.47 Å². The smallest absolute Gasteiger partial charge is 0.338 e. The molecule has 0 fully saturated rings. The molecule has 7 heteroatoms. The van der Waals surface area contributed by atoms with Crippen molar-refractivity contribution in [1.29, 1.82) is 0 Å². The number of halogens is 1. The summed E-state index contributed by atoms with van der Waals surface area (Å²) in [5.74, 6) is -0.504. The molecular weight excluding hydrogens is 584 g/mol. The normalized spacial score (nSPS) is 11.1. The summed E-state index contributed by atoms with van der Waals surface area (Å²) < 4.78 is 11.1. The van der Waals surface area contributed by atoms with Crippen LogP contribution >= 0.6 is 12.4 Å². The molecule has 0 aromatic heterocycles. The largest absolute Gasteiger partial charge is 0.462 e. The maximum atomic E-state index is 12.5. The van der Waals surface area contributed by atoms with E-state index in [1.165, 1.54) is 62.5 Å². The average Bonchev–Trinajstić information content (AvgIpc) is 3.05. The Kier molecular flexibility index (Phi) is 23.2. The Morgan fingerprint density at radius 1 is 0.489 bits per heavy atom. The van der Waals surface area contributed by atoms with Crippen LogP contribution in [0.25, 0.3) is 0 Å². The molecule has 0 heterocycles. The number of hydrogen-bond donors (Lipinski definition) is 0. The molecule has 2 rings (SSSR count). The molecule has 0 aliphatic rings.